The first-order chi connectivity index (χ1) is 16.8. The van der Waals surface area contributed by atoms with E-state index in [0.717, 1.165) is 23.5 Å². The first kappa shape index (κ1) is 25.5. The van der Waals surface area contributed by atoms with Crippen molar-refractivity contribution in [1.82, 2.24) is 4.98 Å². The van der Waals surface area contributed by atoms with E-state index in [2.05, 4.69) is 9.72 Å². The number of aromatic nitrogens is 1. The number of nitro groups is 1. The summed E-state index contributed by atoms with van der Waals surface area (Å²) in [5.41, 5.74) is -3.15. The normalized spacial score (nSPS) is 15.2. The zero-order valence-electron chi connectivity index (χ0n) is 17.9. The van der Waals surface area contributed by atoms with Crippen LogP contribution in [-0.4, -0.2) is 35.5 Å². The van der Waals surface area contributed by atoms with Gasteiger partial charge in [0.2, 0.25) is 0 Å². The number of ether oxygens (including phenoxy) is 2. The molecule has 4 rings (SSSR count). The molecule has 3 aromatic rings. The Hall–Kier alpha value is -3.62. The molecule has 8 nitrogen and oxygen atoms in total. The van der Waals surface area contributed by atoms with Gasteiger partial charge in [-0.25, -0.2) is 0 Å². The first-order valence-electron chi connectivity index (χ1n) is 10.3. The lowest BCUT2D eigenvalue weighted by Gasteiger charge is -2.32. The molecule has 1 aliphatic rings. The van der Waals surface area contributed by atoms with Crippen LogP contribution in [0.15, 0.2) is 41.2 Å². The van der Waals surface area contributed by atoms with Crippen LogP contribution in [0.25, 0.3) is 10.1 Å². The highest BCUT2D eigenvalue weighted by Gasteiger charge is 2.35. The van der Waals surface area contributed by atoms with Gasteiger partial charge >= 0.3 is 12.5 Å². The molecule has 0 atom stereocenters. The van der Waals surface area contributed by atoms with Gasteiger partial charge in [0.15, 0.2) is 5.13 Å². The molecule has 192 valence electrons. The van der Waals surface area contributed by atoms with Crippen LogP contribution in [-0.2, 0) is 6.18 Å². The fourth-order valence-electron chi connectivity index (χ4n) is 3.65. The number of piperidine rings is 1. The summed E-state index contributed by atoms with van der Waals surface area (Å²) < 4.78 is 85.6. The summed E-state index contributed by atoms with van der Waals surface area (Å²) in [6.07, 6.45) is -9.13. The van der Waals surface area contributed by atoms with E-state index in [9.17, 15) is 41.3 Å². The minimum absolute atomic E-state index is 0.127. The Balaban J connectivity index is 1.49. The maximum absolute atomic E-state index is 13.1. The highest BCUT2D eigenvalue weighted by molar-refractivity contribution is 7.22. The third kappa shape index (κ3) is 5.78. The largest absolute Gasteiger partial charge is 0.573 e. The molecule has 0 unspecified atom stereocenters. The van der Waals surface area contributed by atoms with Crippen LogP contribution in [0.1, 0.15) is 18.4 Å². The van der Waals surface area contributed by atoms with Crippen molar-refractivity contribution >= 4 is 32.2 Å². The number of halogens is 6. The molecule has 1 aromatic heterocycles. The van der Waals surface area contributed by atoms with Crippen LogP contribution in [0.2, 0.25) is 0 Å². The maximum atomic E-state index is 13.1. The lowest BCUT2D eigenvalue weighted by atomic mass is 10.1. The van der Waals surface area contributed by atoms with Crippen LogP contribution in [0.5, 0.6) is 11.5 Å². The Morgan fingerprint density at radius 2 is 1.64 bits per heavy atom. The van der Waals surface area contributed by atoms with E-state index in [1.165, 1.54) is 12.1 Å². The van der Waals surface area contributed by atoms with E-state index in [4.69, 9.17) is 4.74 Å². The van der Waals surface area contributed by atoms with Gasteiger partial charge in [0, 0.05) is 32.0 Å². The average molecular weight is 535 g/mol. The number of nitrogens with zero attached hydrogens (tertiary/aromatic N) is 3. The van der Waals surface area contributed by atoms with E-state index in [0.29, 0.717) is 43.8 Å². The number of anilines is 1. The minimum atomic E-state index is -4.87. The standard InChI is InChI=1S/C21H15F6N3O5S/c22-20(23,24)11-9-15-17(16(10-11)30(32)33)36-19(28-18(15)31)29-7-5-13(6-8-29)34-12-1-3-14(4-2-12)35-21(25,26)27/h1-4,9-10,13H,5-8H2. The monoisotopic (exact) mass is 535 g/mol. The van der Waals surface area contributed by atoms with Crippen LogP contribution in [0.3, 0.4) is 0 Å². The Bertz CT molecular complexity index is 1340. The number of hydrogen-bond acceptors (Lipinski definition) is 8. The van der Waals surface area contributed by atoms with E-state index in [1.807, 2.05) is 0 Å². The van der Waals surface area contributed by atoms with Crippen molar-refractivity contribution in [2.45, 2.75) is 31.5 Å². The molecular formula is C21H15F6N3O5S. The third-order valence-electron chi connectivity index (χ3n) is 5.29. The third-order valence-corrected chi connectivity index (χ3v) is 6.45. The molecular weight excluding hydrogens is 520 g/mol. The second kappa shape index (κ2) is 9.44. The molecule has 36 heavy (non-hydrogen) atoms. The minimum Gasteiger partial charge on any atom is -0.490 e. The van der Waals surface area contributed by atoms with Crippen LogP contribution >= 0.6 is 11.3 Å². The molecule has 1 fully saturated rings. The maximum Gasteiger partial charge on any atom is 0.573 e. The molecule has 0 aliphatic carbocycles. The summed E-state index contributed by atoms with van der Waals surface area (Å²) in [5.74, 6) is -0.0639. The van der Waals surface area contributed by atoms with E-state index in [-0.39, 0.29) is 15.9 Å². The van der Waals surface area contributed by atoms with Gasteiger partial charge in [0.25, 0.3) is 11.2 Å². The molecule has 1 aliphatic heterocycles. The van der Waals surface area contributed by atoms with Gasteiger partial charge in [0.1, 0.15) is 22.3 Å². The van der Waals surface area contributed by atoms with Gasteiger partial charge in [-0.15, -0.1) is 13.2 Å². The Labute approximate surface area is 201 Å². The highest BCUT2D eigenvalue weighted by atomic mass is 32.1. The Morgan fingerprint density at radius 1 is 1.03 bits per heavy atom. The smallest absolute Gasteiger partial charge is 0.490 e. The molecule has 2 aromatic carbocycles. The lowest BCUT2D eigenvalue weighted by Crippen LogP contribution is -2.39. The van der Waals surface area contributed by atoms with Crippen molar-refractivity contribution in [1.29, 1.82) is 0 Å². The van der Waals surface area contributed by atoms with Gasteiger partial charge in [-0.1, -0.05) is 11.3 Å². The number of non-ortho nitro benzene ring substituents is 1. The van der Waals surface area contributed by atoms with Crippen molar-refractivity contribution in [3.8, 4) is 11.5 Å². The SMILES string of the molecule is O=c1nc(N2CCC(Oc3ccc(OC(F)(F)F)cc3)CC2)sc2c([N+](=O)[O-])cc(C(F)(F)F)cc12. The number of nitro benzene ring substituents is 1. The molecule has 0 spiro atoms. The summed E-state index contributed by atoms with van der Waals surface area (Å²) in [7, 11) is 0. The molecule has 15 heteroatoms. The molecule has 0 amide bonds. The highest BCUT2D eigenvalue weighted by Crippen LogP contribution is 2.38. The predicted octanol–water partition coefficient (Wildman–Crippen LogP) is 5.53. The predicted molar refractivity (Wildman–Crippen MR) is 117 cm³/mol. The first-order valence-corrected chi connectivity index (χ1v) is 11.1. The summed E-state index contributed by atoms with van der Waals surface area (Å²) in [4.78, 5) is 28.5. The molecule has 0 radical (unpaired) electrons. The zero-order valence-corrected chi connectivity index (χ0v) is 18.7. The fourth-order valence-corrected chi connectivity index (χ4v) is 4.77. The van der Waals surface area contributed by atoms with Gasteiger partial charge in [-0.2, -0.15) is 18.2 Å². The van der Waals surface area contributed by atoms with E-state index in [1.54, 1.807) is 4.90 Å². The quantitative estimate of drug-likeness (QED) is 0.241. The van der Waals surface area contributed by atoms with Crippen molar-refractivity contribution in [2.24, 2.45) is 0 Å². The molecule has 0 N–H and O–H groups in total. The molecule has 1 saturated heterocycles. The van der Waals surface area contributed by atoms with Crippen molar-refractivity contribution in [3.63, 3.8) is 0 Å². The van der Waals surface area contributed by atoms with Gasteiger partial charge in [0.05, 0.1) is 15.9 Å². The summed E-state index contributed by atoms with van der Waals surface area (Å²) in [5, 5.41) is 11.1. The number of fused-ring (bicyclic) bond motifs is 1. The van der Waals surface area contributed by atoms with E-state index < -0.39 is 45.4 Å². The topological polar surface area (TPSA) is 94.8 Å². The number of hydrogen-bond donors (Lipinski definition) is 0. The van der Waals surface area contributed by atoms with Crippen LogP contribution in [0, 0.1) is 10.1 Å². The fraction of sp³-hybridized carbons (Fsp3) is 0.333. The van der Waals surface area contributed by atoms with E-state index >= 15 is 0 Å². The van der Waals surface area contributed by atoms with Gasteiger partial charge in [-0.3, -0.25) is 14.9 Å². The van der Waals surface area contributed by atoms with Crippen LogP contribution < -0.4 is 19.9 Å². The summed E-state index contributed by atoms with van der Waals surface area (Å²) >= 11 is 0.752. The Kier molecular flexibility index (Phi) is 6.68. The molecule has 2 heterocycles. The number of benzene rings is 2. The number of rotatable bonds is 5. The Morgan fingerprint density at radius 3 is 2.19 bits per heavy atom. The van der Waals surface area contributed by atoms with Gasteiger partial charge < -0.3 is 14.4 Å². The number of alkyl halides is 6. The average Bonchev–Trinajstić information content (AvgIpc) is 2.78. The zero-order chi connectivity index (χ0) is 26.3. The van der Waals surface area contributed by atoms with Crippen LogP contribution in [0.4, 0.5) is 37.2 Å². The summed E-state index contributed by atoms with van der Waals surface area (Å²) in [6.45, 7) is 0.644. The second-order valence-corrected chi connectivity index (χ2v) is 8.73. The van der Waals surface area contributed by atoms with Gasteiger partial charge in [-0.05, 0) is 30.3 Å². The van der Waals surface area contributed by atoms with Crippen molar-refractivity contribution in [2.75, 3.05) is 18.0 Å². The second-order valence-electron chi connectivity index (χ2n) is 7.75. The van der Waals surface area contributed by atoms with Crippen molar-refractivity contribution < 1.29 is 40.7 Å². The molecule has 0 saturated carbocycles. The summed E-state index contributed by atoms with van der Waals surface area (Å²) in [6, 6.07) is 5.85. The molecule has 0 bridgehead atoms. The lowest BCUT2D eigenvalue weighted by molar-refractivity contribution is -0.383. The van der Waals surface area contributed by atoms with Crippen molar-refractivity contribution in [3.05, 3.63) is 62.4 Å².